The lowest BCUT2D eigenvalue weighted by Gasteiger charge is -1.99. The van der Waals surface area contributed by atoms with Crippen molar-refractivity contribution in [2.75, 3.05) is 0 Å². The van der Waals surface area contributed by atoms with Crippen molar-refractivity contribution in [3.63, 3.8) is 0 Å². The smallest absolute Gasteiger partial charge is 0.109 e. The largest absolute Gasteiger partial charge is 0.250 e. The molecular formula is C10H5IN2. The van der Waals surface area contributed by atoms with Crippen molar-refractivity contribution in [1.29, 1.82) is 5.26 Å². The number of halogens is 1. The average Bonchev–Trinajstić information content (AvgIpc) is 2.18. The molecule has 0 aliphatic rings. The van der Waals surface area contributed by atoms with Crippen molar-refractivity contribution < 1.29 is 0 Å². The van der Waals surface area contributed by atoms with E-state index in [0.29, 0.717) is 5.56 Å². The zero-order valence-corrected chi connectivity index (χ0v) is 8.82. The molecule has 0 saturated heterocycles. The first-order valence-corrected chi connectivity index (χ1v) is 4.84. The molecule has 0 amide bonds. The predicted octanol–water partition coefficient (Wildman–Crippen LogP) is 2.71. The molecule has 0 fully saturated rings. The first-order chi connectivity index (χ1) is 6.33. The Kier molecular flexibility index (Phi) is 2.15. The predicted molar refractivity (Wildman–Crippen MR) is 59.2 cm³/mol. The molecule has 0 atom stereocenters. The van der Waals surface area contributed by atoms with E-state index >= 15 is 0 Å². The normalized spacial score (nSPS) is 9.85. The van der Waals surface area contributed by atoms with Crippen LogP contribution in [0.5, 0.6) is 0 Å². The number of rotatable bonds is 0. The van der Waals surface area contributed by atoms with Gasteiger partial charge in [0.25, 0.3) is 0 Å². The Labute approximate surface area is 89.4 Å². The van der Waals surface area contributed by atoms with Gasteiger partial charge in [-0.3, -0.25) is 0 Å². The molecule has 1 heterocycles. The van der Waals surface area contributed by atoms with Crippen molar-refractivity contribution in [3.05, 3.63) is 39.7 Å². The highest BCUT2D eigenvalue weighted by Crippen LogP contribution is 2.21. The molecule has 1 aromatic carbocycles. The van der Waals surface area contributed by atoms with Crippen molar-refractivity contribution in [1.82, 2.24) is 4.98 Å². The highest BCUT2D eigenvalue weighted by atomic mass is 127. The minimum absolute atomic E-state index is 0.706. The minimum Gasteiger partial charge on any atom is -0.250 e. The Bertz CT molecular complexity index is 500. The summed E-state index contributed by atoms with van der Waals surface area (Å²) in [5, 5.41) is 10.9. The van der Waals surface area contributed by atoms with E-state index in [4.69, 9.17) is 5.26 Å². The summed E-state index contributed by atoms with van der Waals surface area (Å²) in [6.07, 6.45) is 1.73. The van der Waals surface area contributed by atoms with Crippen LogP contribution in [-0.2, 0) is 0 Å². The molecule has 0 N–H and O–H groups in total. The van der Waals surface area contributed by atoms with Crippen LogP contribution in [0.2, 0.25) is 0 Å². The summed E-state index contributed by atoms with van der Waals surface area (Å²) in [7, 11) is 0. The number of nitriles is 1. The van der Waals surface area contributed by atoms with Crippen LogP contribution < -0.4 is 0 Å². The van der Waals surface area contributed by atoms with E-state index in [1.165, 1.54) is 0 Å². The van der Waals surface area contributed by atoms with Gasteiger partial charge in [-0.1, -0.05) is 12.1 Å². The Balaban J connectivity index is 2.94. The molecule has 62 valence electrons. The van der Waals surface area contributed by atoms with Crippen LogP contribution in [0.15, 0.2) is 30.5 Å². The van der Waals surface area contributed by atoms with Crippen molar-refractivity contribution in [3.8, 4) is 6.07 Å². The zero-order chi connectivity index (χ0) is 9.26. The molecule has 13 heavy (non-hydrogen) atoms. The van der Waals surface area contributed by atoms with Crippen LogP contribution in [0.4, 0.5) is 0 Å². The van der Waals surface area contributed by atoms with Crippen molar-refractivity contribution >= 4 is 33.4 Å². The summed E-state index contributed by atoms with van der Waals surface area (Å²) < 4.78 is 0.937. The van der Waals surface area contributed by atoms with E-state index in [1.807, 2.05) is 24.3 Å². The second kappa shape index (κ2) is 3.30. The maximum atomic E-state index is 8.85. The lowest BCUT2D eigenvalue weighted by Crippen LogP contribution is -1.85. The molecular weight excluding hydrogens is 275 g/mol. The minimum atomic E-state index is 0.706. The molecule has 1 aromatic heterocycles. The monoisotopic (exact) mass is 280 g/mol. The van der Waals surface area contributed by atoms with Gasteiger partial charge in [0.1, 0.15) is 3.70 Å². The highest BCUT2D eigenvalue weighted by molar-refractivity contribution is 14.1. The lowest BCUT2D eigenvalue weighted by atomic mass is 10.1. The molecule has 0 unspecified atom stereocenters. The fourth-order valence-electron chi connectivity index (χ4n) is 1.27. The quantitative estimate of drug-likeness (QED) is 0.549. The molecule has 0 aliphatic heterocycles. The standard InChI is InChI=1S/C10H5IN2/c11-10-9-3-1-2-7(6-12)8(9)4-5-13-10/h1-5H. The number of hydrogen-bond acceptors (Lipinski definition) is 2. The molecule has 3 heteroatoms. The zero-order valence-electron chi connectivity index (χ0n) is 6.66. The molecule has 2 rings (SSSR count). The molecule has 0 radical (unpaired) electrons. The van der Waals surface area contributed by atoms with E-state index in [9.17, 15) is 0 Å². The van der Waals surface area contributed by atoms with Gasteiger partial charge in [0.05, 0.1) is 11.6 Å². The fourth-order valence-corrected chi connectivity index (χ4v) is 1.90. The average molecular weight is 280 g/mol. The number of nitrogens with zero attached hydrogens (tertiary/aromatic N) is 2. The summed E-state index contributed by atoms with van der Waals surface area (Å²) in [6, 6.07) is 9.71. The molecule has 2 aromatic rings. The first kappa shape index (κ1) is 8.45. The van der Waals surface area contributed by atoms with E-state index in [0.717, 1.165) is 14.5 Å². The van der Waals surface area contributed by atoms with Crippen LogP contribution in [0.25, 0.3) is 10.8 Å². The van der Waals surface area contributed by atoms with Gasteiger partial charge in [-0.2, -0.15) is 5.26 Å². The van der Waals surface area contributed by atoms with Crippen molar-refractivity contribution in [2.24, 2.45) is 0 Å². The lowest BCUT2D eigenvalue weighted by molar-refractivity contribution is 1.31. The Morgan fingerprint density at radius 2 is 2.08 bits per heavy atom. The topological polar surface area (TPSA) is 36.7 Å². The third-order valence-corrected chi connectivity index (χ3v) is 2.74. The summed E-state index contributed by atoms with van der Waals surface area (Å²) in [4.78, 5) is 4.16. The van der Waals surface area contributed by atoms with Gasteiger partial charge in [-0.25, -0.2) is 4.98 Å². The van der Waals surface area contributed by atoms with E-state index in [2.05, 4.69) is 33.6 Å². The summed E-state index contributed by atoms with van der Waals surface area (Å²) in [5.74, 6) is 0. The van der Waals surface area contributed by atoms with Gasteiger partial charge in [0, 0.05) is 17.0 Å². The molecule has 0 saturated carbocycles. The third kappa shape index (κ3) is 1.38. The Morgan fingerprint density at radius 3 is 2.85 bits per heavy atom. The van der Waals surface area contributed by atoms with E-state index < -0.39 is 0 Å². The number of benzene rings is 1. The van der Waals surface area contributed by atoms with Crippen LogP contribution >= 0.6 is 22.6 Å². The summed E-state index contributed by atoms with van der Waals surface area (Å²) in [6.45, 7) is 0. The first-order valence-electron chi connectivity index (χ1n) is 3.76. The highest BCUT2D eigenvalue weighted by Gasteiger charge is 2.02. The SMILES string of the molecule is N#Cc1cccc2c(I)nccc12. The van der Waals surface area contributed by atoms with E-state index in [-0.39, 0.29) is 0 Å². The second-order valence-corrected chi connectivity index (χ2v) is 3.64. The summed E-state index contributed by atoms with van der Waals surface area (Å²) >= 11 is 2.17. The van der Waals surface area contributed by atoms with Crippen molar-refractivity contribution in [2.45, 2.75) is 0 Å². The van der Waals surface area contributed by atoms with Gasteiger partial charge >= 0.3 is 0 Å². The van der Waals surface area contributed by atoms with Gasteiger partial charge < -0.3 is 0 Å². The van der Waals surface area contributed by atoms with E-state index in [1.54, 1.807) is 6.20 Å². The molecule has 0 bridgehead atoms. The Morgan fingerprint density at radius 1 is 1.23 bits per heavy atom. The van der Waals surface area contributed by atoms with Crippen LogP contribution in [0.1, 0.15) is 5.56 Å². The van der Waals surface area contributed by atoms with Gasteiger partial charge in [-0.05, 0) is 34.7 Å². The number of pyridine rings is 1. The third-order valence-electron chi connectivity index (χ3n) is 1.88. The molecule has 0 spiro atoms. The fraction of sp³-hybridized carbons (Fsp3) is 0. The molecule has 0 aliphatic carbocycles. The van der Waals surface area contributed by atoms with Gasteiger partial charge in [0.2, 0.25) is 0 Å². The second-order valence-electron chi connectivity index (χ2n) is 2.61. The van der Waals surface area contributed by atoms with Crippen LogP contribution in [0.3, 0.4) is 0 Å². The summed E-state index contributed by atoms with van der Waals surface area (Å²) in [5.41, 5.74) is 0.706. The Hall–Kier alpha value is -1.15. The van der Waals surface area contributed by atoms with Gasteiger partial charge in [0.15, 0.2) is 0 Å². The number of aromatic nitrogens is 1. The maximum Gasteiger partial charge on any atom is 0.109 e. The van der Waals surface area contributed by atoms with Gasteiger partial charge in [-0.15, -0.1) is 0 Å². The van der Waals surface area contributed by atoms with Crippen LogP contribution in [-0.4, -0.2) is 4.98 Å². The molecule has 2 nitrogen and oxygen atoms in total. The number of hydrogen-bond donors (Lipinski definition) is 0. The maximum absolute atomic E-state index is 8.85. The van der Waals surface area contributed by atoms with Crippen LogP contribution in [0, 0.1) is 15.0 Å². The number of fused-ring (bicyclic) bond motifs is 1.